The molecule has 0 aliphatic carbocycles. The molecule has 0 bridgehead atoms. The lowest BCUT2D eigenvalue weighted by Gasteiger charge is -2.08. The van der Waals surface area contributed by atoms with Crippen molar-refractivity contribution in [2.75, 3.05) is 198 Å². The summed E-state index contributed by atoms with van der Waals surface area (Å²) in [5, 5.41) is 0. The topological polar surface area (TPSA) is 268 Å². The molecule has 22 nitrogen and oxygen atoms in total. The first-order valence-corrected chi connectivity index (χ1v) is 26.9. The molecule has 0 heterocycles. The van der Waals surface area contributed by atoms with Gasteiger partial charge in [-0.25, -0.2) is 19.2 Å². The monoisotopic (exact) mass is 1170 g/mol. The summed E-state index contributed by atoms with van der Waals surface area (Å²) in [6.07, 6.45) is 0. The molecule has 84 heavy (non-hydrogen) atoms. The second-order valence-electron chi connectivity index (χ2n) is 17.4. The number of hydrogen-bond acceptors (Lipinski definition) is 22. The largest absolute Gasteiger partial charge is 0.460 e. The minimum absolute atomic E-state index is 0.00396. The van der Waals surface area contributed by atoms with Crippen LogP contribution in [0.2, 0.25) is 0 Å². The van der Waals surface area contributed by atoms with E-state index in [1.165, 1.54) is 48.5 Å². The van der Waals surface area contributed by atoms with Crippen molar-refractivity contribution in [2.24, 2.45) is 0 Å². The van der Waals surface area contributed by atoms with Gasteiger partial charge in [0.15, 0.2) is 0 Å². The van der Waals surface area contributed by atoms with Gasteiger partial charge in [0.25, 0.3) is 0 Å². The van der Waals surface area contributed by atoms with Crippen LogP contribution < -0.4 is 11.5 Å². The van der Waals surface area contributed by atoms with Gasteiger partial charge in [-0.3, -0.25) is 0 Å². The van der Waals surface area contributed by atoms with Crippen molar-refractivity contribution in [1.29, 1.82) is 0 Å². The van der Waals surface area contributed by atoms with E-state index in [1.807, 2.05) is 0 Å². The van der Waals surface area contributed by atoms with E-state index in [4.69, 9.17) is 87.3 Å². The van der Waals surface area contributed by atoms with Gasteiger partial charge in [-0.15, -0.1) is 0 Å². The van der Waals surface area contributed by atoms with Crippen LogP contribution in [0, 0.1) is 35.5 Å². The Kier molecular flexibility index (Phi) is 35.5. The van der Waals surface area contributed by atoms with Crippen molar-refractivity contribution in [3.63, 3.8) is 0 Å². The average molecular weight is 1170 g/mol. The summed E-state index contributed by atoms with van der Waals surface area (Å²) in [5.74, 6) is 15.7. The summed E-state index contributed by atoms with van der Waals surface area (Å²) < 4.78 is 85.4. The van der Waals surface area contributed by atoms with E-state index in [9.17, 15) is 19.2 Å². The number of ether oxygens (including phenoxy) is 16. The lowest BCUT2D eigenvalue weighted by molar-refractivity contribution is 0.00552. The summed E-state index contributed by atoms with van der Waals surface area (Å²) in [7, 11) is 6.34. The number of anilines is 2. The summed E-state index contributed by atoms with van der Waals surface area (Å²) in [5.41, 5.74) is 15.7. The lowest BCUT2D eigenvalue weighted by atomic mass is 10.0. The first-order chi connectivity index (χ1) is 41.0. The van der Waals surface area contributed by atoms with Crippen LogP contribution in [0.4, 0.5) is 11.4 Å². The average Bonchev–Trinajstić information content (AvgIpc) is 3.55. The molecule has 454 valence electrons. The highest BCUT2D eigenvalue weighted by Crippen LogP contribution is 2.18. The van der Waals surface area contributed by atoms with E-state index in [-0.39, 0.29) is 99.7 Å². The number of esters is 4. The first-order valence-electron chi connectivity index (χ1n) is 26.9. The van der Waals surface area contributed by atoms with Crippen molar-refractivity contribution in [3.8, 4) is 35.5 Å². The van der Waals surface area contributed by atoms with E-state index in [0.717, 1.165) is 0 Å². The zero-order valence-corrected chi connectivity index (χ0v) is 48.2. The minimum Gasteiger partial charge on any atom is -0.460 e. The van der Waals surface area contributed by atoms with Gasteiger partial charge >= 0.3 is 23.9 Å². The number of carbonyl (C=O) groups is 4. The Bertz CT molecular complexity index is 2640. The van der Waals surface area contributed by atoms with Crippen molar-refractivity contribution >= 4 is 35.3 Å². The van der Waals surface area contributed by atoms with E-state index in [1.54, 1.807) is 52.7 Å². The molecule has 4 aromatic carbocycles. The number of benzene rings is 4. The molecule has 0 aromatic heterocycles. The molecule has 0 radical (unpaired) electrons. The fraction of sp³-hybridized carbons (Fsp3) is 0.452. The molecule has 0 amide bonds. The van der Waals surface area contributed by atoms with Gasteiger partial charge in [0.1, 0.15) is 26.4 Å². The predicted octanol–water partition coefficient (Wildman–Crippen LogP) is 4.40. The van der Waals surface area contributed by atoms with Crippen molar-refractivity contribution in [1.82, 2.24) is 0 Å². The van der Waals surface area contributed by atoms with E-state index >= 15 is 0 Å². The molecule has 4 aromatic rings. The Hall–Kier alpha value is -7.44. The molecule has 0 spiro atoms. The lowest BCUT2D eigenvalue weighted by Crippen LogP contribution is -2.14. The van der Waals surface area contributed by atoms with Crippen LogP contribution in [0.3, 0.4) is 0 Å². The molecule has 0 unspecified atom stereocenters. The van der Waals surface area contributed by atoms with Gasteiger partial charge in [0.2, 0.25) is 0 Å². The minimum atomic E-state index is -0.675. The van der Waals surface area contributed by atoms with Crippen LogP contribution in [-0.4, -0.2) is 211 Å². The number of nitrogen functional groups attached to an aromatic ring is 2. The van der Waals surface area contributed by atoms with Crippen molar-refractivity contribution < 1.29 is 95.0 Å². The van der Waals surface area contributed by atoms with Crippen molar-refractivity contribution in [2.45, 2.75) is 0 Å². The molecule has 0 atom stereocenters. The Labute approximate surface area is 491 Å². The van der Waals surface area contributed by atoms with Gasteiger partial charge in [-0.1, -0.05) is 35.5 Å². The molecule has 0 saturated carbocycles. The van der Waals surface area contributed by atoms with Crippen LogP contribution in [-0.2, 0) is 75.8 Å². The molecule has 0 aliphatic heterocycles. The molecule has 4 N–H and O–H groups in total. The smallest absolute Gasteiger partial charge is 0.338 e. The highest BCUT2D eigenvalue weighted by Gasteiger charge is 2.14. The van der Waals surface area contributed by atoms with Crippen LogP contribution in [0.5, 0.6) is 0 Å². The van der Waals surface area contributed by atoms with Gasteiger partial charge < -0.3 is 87.3 Å². The van der Waals surface area contributed by atoms with Gasteiger partial charge in [0, 0.05) is 73.2 Å². The molecular weight excluding hydrogens is 1090 g/mol. The molecule has 4 rings (SSSR count). The third-order valence-corrected chi connectivity index (χ3v) is 10.8. The SMILES string of the molecule is COCCOCCOCCOC(=O)c1cc(N)cc(C#Cc2cc(C#Cc3cc(C#Cc4cc(N)cc(C(=O)OCCOCCOCCOC)c4)cc(C(=O)OCCOCCOCCOC)c3)cc(C(=O)OCCOCCOCCOC)c2)c1. The molecule has 0 fully saturated rings. The molecular formula is C62H76N2O20. The second kappa shape index (κ2) is 43.2. The molecule has 22 heteroatoms. The van der Waals surface area contributed by atoms with E-state index in [0.29, 0.717) is 126 Å². The van der Waals surface area contributed by atoms with E-state index < -0.39 is 23.9 Å². The third-order valence-electron chi connectivity index (χ3n) is 10.8. The first kappa shape index (κ1) is 69.1. The van der Waals surface area contributed by atoms with E-state index in [2.05, 4.69) is 35.5 Å². The van der Waals surface area contributed by atoms with Crippen LogP contribution in [0.15, 0.2) is 72.8 Å². The Balaban J connectivity index is 1.62. The predicted molar refractivity (Wildman–Crippen MR) is 308 cm³/mol. The normalized spacial score (nSPS) is 10.7. The van der Waals surface area contributed by atoms with Crippen LogP contribution in [0.1, 0.15) is 74.8 Å². The summed E-state index contributed by atoms with van der Waals surface area (Å²) in [4.78, 5) is 53.2. The maximum Gasteiger partial charge on any atom is 0.338 e. The van der Waals surface area contributed by atoms with Gasteiger partial charge in [0.05, 0.1) is 154 Å². The number of carbonyl (C=O) groups excluding carboxylic acids is 4. The van der Waals surface area contributed by atoms with Crippen LogP contribution in [0.25, 0.3) is 0 Å². The third kappa shape index (κ3) is 30.2. The van der Waals surface area contributed by atoms with Crippen LogP contribution >= 0.6 is 0 Å². The molecule has 0 aliphatic rings. The number of nitrogens with two attached hydrogens (primary N) is 2. The zero-order valence-electron chi connectivity index (χ0n) is 48.2. The second-order valence-corrected chi connectivity index (χ2v) is 17.4. The Morgan fingerprint density at radius 3 is 0.655 bits per heavy atom. The van der Waals surface area contributed by atoms with Gasteiger partial charge in [-0.05, 0) is 72.8 Å². The summed E-state index contributed by atoms with van der Waals surface area (Å²) >= 11 is 0. The quantitative estimate of drug-likeness (QED) is 0.0205. The fourth-order valence-corrected chi connectivity index (χ4v) is 6.86. The maximum atomic E-state index is 13.6. The summed E-state index contributed by atoms with van der Waals surface area (Å²) in [6.45, 7) is 6.60. The zero-order chi connectivity index (χ0) is 60.2. The van der Waals surface area contributed by atoms with Crippen molar-refractivity contribution in [3.05, 3.63) is 128 Å². The number of methoxy groups -OCH3 is 4. The summed E-state index contributed by atoms with van der Waals surface area (Å²) in [6, 6.07) is 18.7. The number of hydrogen-bond donors (Lipinski definition) is 2. The highest BCUT2D eigenvalue weighted by atomic mass is 16.6. The highest BCUT2D eigenvalue weighted by molar-refractivity contribution is 5.93. The fourth-order valence-electron chi connectivity index (χ4n) is 6.86. The maximum absolute atomic E-state index is 13.6. The van der Waals surface area contributed by atoms with Gasteiger partial charge in [-0.2, -0.15) is 0 Å². The standard InChI is InChI=1S/C62H76N2O20/c1-69-11-15-73-19-23-77-27-31-81-59(65)53-37-47(35-49(39-53)7-9-51-41-55(45-57(63)43-51)61(67)83-33-29-79-25-21-75-17-13-71-3)5-6-48-36-50(40-54(38-48)60(66)82-32-28-78-24-20-74-16-12-70-2)8-10-52-42-56(46-58(64)44-52)62(68)84-34-30-80-26-22-76-18-14-72-4/h35-46H,11-34,63-64H2,1-4H3. The Morgan fingerprint density at radius 2 is 0.440 bits per heavy atom. The Morgan fingerprint density at radius 1 is 0.262 bits per heavy atom. The number of rotatable bonds is 40. The molecule has 0 saturated heterocycles.